The normalized spacial score (nSPS) is 21.7. The van der Waals surface area contributed by atoms with Gasteiger partial charge in [-0.05, 0) is 55.4 Å². The number of anilines is 1. The Labute approximate surface area is 170 Å². The van der Waals surface area contributed by atoms with Crippen molar-refractivity contribution in [2.24, 2.45) is 5.92 Å². The van der Waals surface area contributed by atoms with Gasteiger partial charge in [-0.2, -0.15) is 0 Å². The first-order valence-corrected chi connectivity index (χ1v) is 11.8. The van der Waals surface area contributed by atoms with Crippen LogP contribution in [-0.2, 0) is 15.5 Å². The average Bonchev–Trinajstić information content (AvgIpc) is 3.18. The molecule has 1 aliphatic carbocycles. The molecule has 0 amide bonds. The molecule has 6 nitrogen and oxygen atoms in total. The molecule has 1 fully saturated rings. The van der Waals surface area contributed by atoms with Crippen LogP contribution >= 0.6 is 0 Å². The van der Waals surface area contributed by atoms with Gasteiger partial charge in [0, 0.05) is 34.8 Å². The lowest BCUT2D eigenvalue weighted by molar-refractivity contribution is 0.342. The number of H-pyrrole nitrogens is 1. The van der Waals surface area contributed by atoms with E-state index in [-0.39, 0.29) is 11.6 Å². The van der Waals surface area contributed by atoms with Gasteiger partial charge < -0.3 is 9.88 Å². The zero-order valence-corrected chi connectivity index (χ0v) is 17.3. The molecule has 2 N–H and O–H groups in total. The SMILES string of the molecule is CN(c1ncnc2[nH]ccc12)[C@H]1CC[C@@H](CS(=N)(=O)Cc2ccc(F)cc2)CC1. The van der Waals surface area contributed by atoms with E-state index in [0.29, 0.717) is 17.7 Å². The third kappa shape index (κ3) is 4.58. The molecule has 2 heterocycles. The minimum Gasteiger partial charge on any atom is -0.356 e. The van der Waals surface area contributed by atoms with Crippen LogP contribution in [-0.4, -0.2) is 38.0 Å². The second-order valence-corrected chi connectivity index (χ2v) is 10.2. The van der Waals surface area contributed by atoms with E-state index < -0.39 is 9.73 Å². The summed E-state index contributed by atoms with van der Waals surface area (Å²) in [5.41, 5.74) is 1.60. The van der Waals surface area contributed by atoms with Gasteiger partial charge in [-0.15, -0.1) is 0 Å². The van der Waals surface area contributed by atoms with Gasteiger partial charge in [0.05, 0.1) is 11.1 Å². The van der Waals surface area contributed by atoms with E-state index in [9.17, 15) is 8.60 Å². The lowest BCUT2D eigenvalue weighted by Gasteiger charge is -2.35. The quantitative estimate of drug-likeness (QED) is 0.627. The molecular weight excluding hydrogens is 389 g/mol. The van der Waals surface area contributed by atoms with Crippen LogP contribution in [0, 0.1) is 16.5 Å². The van der Waals surface area contributed by atoms with Gasteiger partial charge >= 0.3 is 0 Å². The average molecular weight is 416 g/mol. The number of nitrogens with zero attached hydrogens (tertiary/aromatic N) is 3. The largest absolute Gasteiger partial charge is 0.356 e. The molecule has 4 rings (SSSR count). The van der Waals surface area contributed by atoms with E-state index in [1.165, 1.54) is 12.1 Å². The van der Waals surface area contributed by atoms with Crippen molar-refractivity contribution in [1.29, 1.82) is 4.78 Å². The van der Waals surface area contributed by atoms with E-state index >= 15 is 0 Å². The van der Waals surface area contributed by atoms with Crippen molar-refractivity contribution in [2.45, 2.75) is 37.5 Å². The minimum atomic E-state index is -2.72. The van der Waals surface area contributed by atoms with E-state index in [2.05, 4.69) is 26.9 Å². The first kappa shape index (κ1) is 19.8. The molecule has 0 aliphatic heterocycles. The Balaban J connectivity index is 1.35. The second kappa shape index (κ2) is 8.10. The Morgan fingerprint density at radius 1 is 1.17 bits per heavy atom. The van der Waals surface area contributed by atoms with E-state index in [4.69, 9.17) is 4.78 Å². The zero-order valence-electron chi connectivity index (χ0n) is 16.5. The third-order valence-corrected chi connectivity index (χ3v) is 7.66. The number of benzene rings is 1. The molecule has 1 aromatic carbocycles. The molecule has 0 spiro atoms. The molecular formula is C21H26FN5OS. The zero-order chi connectivity index (χ0) is 20.4. The first-order chi connectivity index (χ1) is 13.9. The van der Waals surface area contributed by atoms with Crippen molar-refractivity contribution in [3.05, 3.63) is 54.2 Å². The van der Waals surface area contributed by atoms with Crippen molar-refractivity contribution in [2.75, 3.05) is 17.7 Å². The number of halogens is 1. The molecule has 8 heteroatoms. The molecule has 2 aromatic heterocycles. The molecule has 154 valence electrons. The van der Waals surface area contributed by atoms with Crippen molar-refractivity contribution >= 4 is 26.6 Å². The number of nitrogens with one attached hydrogen (secondary N) is 2. The van der Waals surface area contributed by atoms with Crippen LogP contribution in [0.2, 0.25) is 0 Å². The summed E-state index contributed by atoms with van der Waals surface area (Å²) >= 11 is 0. The van der Waals surface area contributed by atoms with Gasteiger partial charge in [-0.1, -0.05) is 12.1 Å². The Morgan fingerprint density at radius 2 is 1.90 bits per heavy atom. The lowest BCUT2D eigenvalue weighted by atomic mass is 9.86. The van der Waals surface area contributed by atoms with Crippen LogP contribution in [0.1, 0.15) is 31.2 Å². The maximum Gasteiger partial charge on any atom is 0.142 e. The summed E-state index contributed by atoms with van der Waals surface area (Å²) in [6, 6.07) is 8.34. The van der Waals surface area contributed by atoms with Gasteiger partial charge in [-0.25, -0.2) is 18.6 Å². The third-order valence-electron chi connectivity index (χ3n) is 5.85. The van der Waals surface area contributed by atoms with Crippen LogP contribution in [0.15, 0.2) is 42.9 Å². The van der Waals surface area contributed by atoms with Crippen molar-refractivity contribution in [1.82, 2.24) is 15.0 Å². The summed E-state index contributed by atoms with van der Waals surface area (Å²) in [5.74, 6) is 1.52. The van der Waals surface area contributed by atoms with Crippen molar-refractivity contribution in [3.63, 3.8) is 0 Å². The summed E-state index contributed by atoms with van der Waals surface area (Å²) in [6.07, 6.45) is 7.35. The highest BCUT2D eigenvalue weighted by atomic mass is 32.2. The molecule has 1 atom stereocenters. The number of aromatic amines is 1. The second-order valence-electron chi connectivity index (χ2n) is 7.97. The molecule has 0 bridgehead atoms. The summed E-state index contributed by atoms with van der Waals surface area (Å²) in [5, 5.41) is 1.02. The highest BCUT2D eigenvalue weighted by Crippen LogP contribution is 2.32. The van der Waals surface area contributed by atoms with Gasteiger partial charge in [-0.3, -0.25) is 4.78 Å². The summed E-state index contributed by atoms with van der Waals surface area (Å²) < 4.78 is 34.2. The molecule has 1 aliphatic rings. The topological polar surface area (TPSA) is 85.7 Å². The highest BCUT2D eigenvalue weighted by Gasteiger charge is 2.27. The molecule has 1 saturated carbocycles. The fourth-order valence-corrected chi connectivity index (χ4v) is 6.24. The van der Waals surface area contributed by atoms with Crippen molar-refractivity contribution in [3.8, 4) is 0 Å². The molecule has 29 heavy (non-hydrogen) atoms. The number of fused-ring (bicyclic) bond motifs is 1. The Hall–Kier alpha value is -2.48. The van der Waals surface area contributed by atoms with E-state index in [1.54, 1.807) is 18.5 Å². The van der Waals surface area contributed by atoms with E-state index in [0.717, 1.165) is 48.1 Å². The maximum absolute atomic E-state index is 13.1. The molecule has 1 unspecified atom stereocenters. The number of hydrogen-bond donors (Lipinski definition) is 2. The van der Waals surface area contributed by atoms with Crippen LogP contribution < -0.4 is 4.90 Å². The summed E-state index contributed by atoms with van der Waals surface area (Å²) in [4.78, 5) is 14.1. The van der Waals surface area contributed by atoms with Crippen LogP contribution in [0.3, 0.4) is 0 Å². The molecule has 3 aromatic rings. The van der Waals surface area contributed by atoms with Gasteiger partial charge in [0.2, 0.25) is 0 Å². The lowest BCUT2D eigenvalue weighted by Crippen LogP contribution is -2.37. The summed E-state index contributed by atoms with van der Waals surface area (Å²) in [6.45, 7) is 0. The monoisotopic (exact) mass is 415 g/mol. The smallest absolute Gasteiger partial charge is 0.142 e. The maximum atomic E-state index is 13.1. The predicted octanol–water partition coefficient (Wildman–Crippen LogP) is 4.34. The van der Waals surface area contributed by atoms with Crippen LogP contribution in [0.4, 0.5) is 10.2 Å². The minimum absolute atomic E-state index is 0.194. The Bertz CT molecular complexity index is 1070. The fourth-order valence-electron chi connectivity index (χ4n) is 4.30. The van der Waals surface area contributed by atoms with Gasteiger partial charge in [0.25, 0.3) is 0 Å². The number of aromatic nitrogens is 3. The van der Waals surface area contributed by atoms with Crippen molar-refractivity contribution < 1.29 is 8.60 Å². The standard InChI is InChI=1S/C21H26FN5OS/c1-27(21-19-10-11-24-20(19)25-14-26-21)18-8-4-16(5-9-18)13-29(23,28)12-15-2-6-17(22)7-3-15/h2-3,6-7,10-11,14,16,18,23H,4-5,8-9,12-13H2,1H3,(H,24,25,26)/t16-,18+,29?. The predicted molar refractivity (Wildman–Crippen MR) is 114 cm³/mol. The highest BCUT2D eigenvalue weighted by molar-refractivity contribution is 7.91. The van der Waals surface area contributed by atoms with Crippen LogP contribution in [0.25, 0.3) is 11.0 Å². The van der Waals surface area contributed by atoms with Gasteiger partial charge in [0.15, 0.2) is 0 Å². The molecule has 0 saturated heterocycles. The number of rotatable bonds is 6. The van der Waals surface area contributed by atoms with Gasteiger partial charge in [0.1, 0.15) is 23.6 Å². The summed E-state index contributed by atoms with van der Waals surface area (Å²) in [7, 11) is -0.648. The first-order valence-electron chi connectivity index (χ1n) is 9.91. The Kier molecular flexibility index (Phi) is 5.54. The van der Waals surface area contributed by atoms with Crippen LogP contribution in [0.5, 0.6) is 0 Å². The number of hydrogen-bond acceptors (Lipinski definition) is 5. The van der Waals surface area contributed by atoms with E-state index in [1.807, 2.05) is 12.3 Å². The Morgan fingerprint density at radius 3 is 2.62 bits per heavy atom. The fraction of sp³-hybridized carbons (Fsp3) is 0.429. The molecule has 0 radical (unpaired) electrons.